The number of rotatable bonds is 4. The minimum absolute atomic E-state index is 0.253. The molecule has 0 amide bonds. The van der Waals surface area contributed by atoms with Gasteiger partial charge in [0.15, 0.2) is 0 Å². The number of amidine groups is 1. The molecular weight excluding hydrogens is 368 g/mol. The highest BCUT2D eigenvalue weighted by atomic mass is 32.2. The van der Waals surface area contributed by atoms with E-state index in [0.717, 1.165) is 16.7 Å². The number of sulfonamides is 1. The van der Waals surface area contributed by atoms with Gasteiger partial charge in [0.2, 0.25) is 0 Å². The molecule has 0 fully saturated rings. The van der Waals surface area contributed by atoms with E-state index in [1.54, 1.807) is 12.1 Å². The first kappa shape index (κ1) is 18.4. The molecule has 142 valence electrons. The second kappa shape index (κ2) is 7.24. The number of aliphatic imine (C=N–C) groups is 1. The minimum Gasteiger partial charge on any atom is -0.257 e. The summed E-state index contributed by atoms with van der Waals surface area (Å²) >= 11 is 0. The highest BCUT2D eigenvalue weighted by Gasteiger charge is 2.42. The quantitative estimate of drug-likeness (QED) is 0.655. The van der Waals surface area contributed by atoms with E-state index in [2.05, 4.69) is 0 Å². The van der Waals surface area contributed by atoms with Gasteiger partial charge in [0.1, 0.15) is 5.84 Å². The predicted molar refractivity (Wildman–Crippen MR) is 112 cm³/mol. The largest absolute Gasteiger partial charge is 0.265 e. The molecule has 0 saturated heterocycles. The van der Waals surface area contributed by atoms with Gasteiger partial charge in [-0.05, 0) is 31.5 Å². The number of hydrogen-bond acceptors (Lipinski definition) is 3. The van der Waals surface area contributed by atoms with Crippen molar-refractivity contribution in [1.29, 1.82) is 0 Å². The molecule has 0 radical (unpaired) electrons. The zero-order valence-corrected chi connectivity index (χ0v) is 16.7. The van der Waals surface area contributed by atoms with Gasteiger partial charge < -0.3 is 0 Å². The van der Waals surface area contributed by atoms with Crippen LogP contribution in [0.4, 0.5) is 0 Å². The third kappa shape index (κ3) is 3.22. The summed E-state index contributed by atoms with van der Waals surface area (Å²) < 4.78 is 28.6. The van der Waals surface area contributed by atoms with Crippen molar-refractivity contribution in [2.24, 2.45) is 4.99 Å². The molecule has 0 saturated carbocycles. The molecule has 0 spiro atoms. The minimum atomic E-state index is -3.74. The molecule has 2 atom stereocenters. The van der Waals surface area contributed by atoms with Crippen molar-refractivity contribution in [2.75, 3.05) is 0 Å². The maximum atomic E-state index is 13.6. The maximum absolute atomic E-state index is 13.6. The van der Waals surface area contributed by atoms with Crippen molar-refractivity contribution in [2.45, 2.75) is 30.8 Å². The van der Waals surface area contributed by atoms with Gasteiger partial charge in [0, 0.05) is 5.56 Å². The molecule has 0 N–H and O–H groups in total. The van der Waals surface area contributed by atoms with Crippen LogP contribution in [0.3, 0.4) is 0 Å². The molecule has 4 rings (SSSR count). The molecule has 3 aromatic rings. The fourth-order valence-electron chi connectivity index (χ4n) is 3.57. The van der Waals surface area contributed by atoms with Crippen LogP contribution in [0.25, 0.3) is 0 Å². The average molecular weight is 391 g/mol. The lowest BCUT2D eigenvalue weighted by Gasteiger charge is -2.27. The SMILES string of the molecule is Cc1ccc(S(=O)(=O)N2C(c3ccccc3)=N[C@@H](c3ccccc3)[C@H]2C)cc1. The Balaban J connectivity index is 1.84. The fraction of sp³-hybridized carbons (Fsp3) is 0.174. The van der Waals surface area contributed by atoms with Crippen molar-refractivity contribution in [1.82, 2.24) is 4.31 Å². The second-order valence-corrected chi connectivity index (χ2v) is 8.84. The second-order valence-electron chi connectivity index (χ2n) is 7.03. The van der Waals surface area contributed by atoms with Crippen molar-refractivity contribution in [3.05, 3.63) is 102 Å². The van der Waals surface area contributed by atoms with Crippen LogP contribution in [0.5, 0.6) is 0 Å². The zero-order valence-electron chi connectivity index (χ0n) is 15.9. The molecule has 28 heavy (non-hydrogen) atoms. The summed E-state index contributed by atoms with van der Waals surface area (Å²) in [6.45, 7) is 3.86. The van der Waals surface area contributed by atoms with Crippen molar-refractivity contribution in [3.63, 3.8) is 0 Å². The highest BCUT2D eigenvalue weighted by molar-refractivity contribution is 7.89. The summed E-state index contributed by atoms with van der Waals surface area (Å²) in [7, 11) is -3.74. The summed E-state index contributed by atoms with van der Waals surface area (Å²) in [6, 6.07) is 25.7. The predicted octanol–water partition coefficient (Wildman–Crippen LogP) is 4.58. The van der Waals surface area contributed by atoms with E-state index in [1.807, 2.05) is 86.6 Å². The van der Waals surface area contributed by atoms with Crippen LogP contribution in [0.2, 0.25) is 0 Å². The number of aryl methyl sites for hydroxylation is 1. The monoisotopic (exact) mass is 390 g/mol. The van der Waals surface area contributed by atoms with E-state index < -0.39 is 10.0 Å². The first-order valence-corrected chi connectivity index (χ1v) is 10.7. The summed E-state index contributed by atoms with van der Waals surface area (Å²) in [5.74, 6) is 0.488. The molecule has 0 bridgehead atoms. The summed E-state index contributed by atoms with van der Waals surface area (Å²) in [6.07, 6.45) is 0. The van der Waals surface area contributed by atoms with E-state index in [1.165, 1.54) is 4.31 Å². The van der Waals surface area contributed by atoms with Crippen LogP contribution < -0.4 is 0 Å². The van der Waals surface area contributed by atoms with Crippen LogP contribution in [0, 0.1) is 6.92 Å². The molecular formula is C23H22N2O2S. The summed E-state index contributed by atoms with van der Waals surface area (Å²) in [5.41, 5.74) is 2.82. The Kier molecular flexibility index (Phi) is 4.77. The van der Waals surface area contributed by atoms with Gasteiger partial charge in [-0.15, -0.1) is 0 Å². The van der Waals surface area contributed by atoms with Crippen molar-refractivity contribution >= 4 is 15.9 Å². The molecule has 1 heterocycles. The number of hydrogen-bond donors (Lipinski definition) is 0. The summed E-state index contributed by atoms with van der Waals surface area (Å²) in [5, 5.41) is 0. The molecule has 1 aliphatic heterocycles. The fourth-order valence-corrected chi connectivity index (χ4v) is 5.21. The lowest BCUT2D eigenvalue weighted by molar-refractivity contribution is 0.434. The van der Waals surface area contributed by atoms with Gasteiger partial charge in [-0.25, -0.2) is 12.7 Å². The smallest absolute Gasteiger partial charge is 0.257 e. The summed E-state index contributed by atoms with van der Waals surface area (Å²) in [4.78, 5) is 5.14. The average Bonchev–Trinajstić information content (AvgIpc) is 3.07. The Labute approximate surface area is 166 Å². The highest BCUT2D eigenvalue weighted by Crippen LogP contribution is 2.36. The Hall–Kier alpha value is -2.92. The van der Waals surface area contributed by atoms with Gasteiger partial charge in [0.25, 0.3) is 10.0 Å². The molecule has 1 aliphatic rings. The third-order valence-electron chi connectivity index (χ3n) is 5.05. The van der Waals surface area contributed by atoms with E-state index in [0.29, 0.717) is 5.84 Å². The van der Waals surface area contributed by atoms with Crippen LogP contribution >= 0.6 is 0 Å². The number of nitrogens with zero attached hydrogens (tertiary/aromatic N) is 2. The zero-order chi connectivity index (χ0) is 19.7. The molecule has 0 aliphatic carbocycles. The van der Waals surface area contributed by atoms with Crippen LogP contribution in [0.15, 0.2) is 94.8 Å². The maximum Gasteiger partial charge on any atom is 0.265 e. The number of benzene rings is 3. The lowest BCUT2D eigenvalue weighted by atomic mass is 10.0. The van der Waals surface area contributed by atoms with Crippen LogP contribution in [0.1, 0.15) is 29.7 Å². The van der Waals surface area contributed by atoms with Gasteiger partial charge in [0.05, 0.1) is 17.0 Å². The Bertz CT molecular complexity index is 1090. The van der Waals surface area contributed by atoms with Gasteiger partial charge in [-0.1, -0.05) is 78.4 Å². The van der Waals surface area contributed by atoms with Crippen molar-refractivity contribution < 1.29 is 8.42 Å². The molecule has 0 unspecified atom stereocenters. The van der Waals surface area contributed by atoms with Crippen LogP contribution in [-0.4, -0.2) is 24.6 Å². The first-order chi connectivity index (χ1) is 13.5. The Morgan fingerprint density at radius 1 is 0.821 bits per heavy atom. The molecule has 0 aromatic heterocycles. The standard InChI is InChI=1S/C23H22N2O2S/c1-17-13-15-21(16-14-17)28(26,27)25-18(2)22(19-9-5-3-6-10-19)24-23(25)20-11-7-4-8-12-20/h3-16,18,22H,1-2H3/t18-,22-/m1/s1. The van der Waals surface area contributed by atoms with E-state index in [4.69, 9.17) is 4.99 Å². The normalized spacial score (nSPS) is 19.5. The molecule has 4 nitrogen and oxygen atoms in total. The van der Waals surface area contributed by atoms with Crippen LogP contribution in [-0.2, 0) is 10.0 Å². The van der Waals surface area contributed by atoms with Gasteiger partial charge in [-0.2, -0.15) is 0 Å². The molecule has 5 heteroatoms. The van der Waals surface area contributed by atoms with Gasteiger partial charge >= 0.3 is 0 Å². The van der Waals surface area contributed by atoms with Gasteiger partial charge in [-0.3, -0.25) is 4.99 Å². The van der Waals surface area contributed by atoms with E-state index >= 15 is 0 Å². The Morgan fingerprint density at radius 3 is 2.00 bits per heavy atom. The van der Waals surface area contributed by atoms with Crippen molar-refractivity contribution in [3.8, 4) is 0 Å². The topological polar surface area (TPSA) is 49.7 Å². The first-order valence-electron chi connectivity index (χ1n) is 9.28. The van der Waals surface area contributed by atoms with E-state index in [-0.39, 0.29) is 17.0 Å². The third-order valence-corrected chi connectivity index (χ3v) is 6.94. The molecule has 3 aromatic carbocycles. The lowest BCUT2D eigenvalue weighted by Crippen LogP contribution is -2.41. The Morgan fingerprint density at radius 2 is 1.39 bits per heavy atom. The van der Waals surface area contributed by atoms with E-state index in [9.17, 15) is 8.42 Å².